The molecule has 0 fully saturated rings. The summed E-state index contributed by atoms with van der Waals surface area (Å²) in [7, 11) is 3.80. The molecule has 1 aliphatic heterocycles. The lowest BCUT2D eigenvalue weighted by Crippen LogP contribution is -2.26. The van der Waals surface area contributed by atoms with Crippen molar-refractivity contribution in [2.45, 2.75) is 19.9 Å². The molecule has 5 heteroatoms. The maximum absolute atomic E-state index is 6.28. The molecule has 4 nitrogen and oxygen atoms in total. The topological polar surface area (TPSA) is 30.3 Å². The molecule has 134 valence electrons. The van der Waals surface area contributed by atoms with Crippen LogP contribution in [0, 0.1) is 0 Å². The van der Waals surface area contributed by atoms with Crippen LogP contribution in [0.3, 0.4) is 0 Å². The average Bonchev–Trinajstić information content (AvgIpc) is 2.94. The molecule has 0 saturated carbocycles. The van der Waals surface area contributed by atoms with Crippen LogP contribution in [-0.2, 0) is 13.0 Å². The van der Waals surface area contributed by atoms with E-state index in [1.807, 2.05) is 24.4 Å². The second-order valence-electron chi connectivity index (χ2n) is 6.85. The number of aromatic nitrogens is 2. The first-order valence-corrected chi connectivity index (χ1v) is 9.13. The van der Waals surface area contributed by atoms with E-state index in [1.54, 1.807) is 7.11 Å². The summed E-state index contributed by atoms with van der Waals surface area (Å²) in [4.78, 5) is 6.68. The molecular formula is C21H22ClN3O. The van der Waals surface area contributed by atoms with Crippen LogP contribution >= 0.6 is 11.6 Å². The van der Waals surface area contributed by atoms with E-state index in [1.165, 1.54) is 22.2 Å². The van der Waals surface area contributed by atoms with Crippen molar-refractivity contribution in [2.24, 2.45) is 0 Å². The van der Waals surface area contributed by atoms with Gasteiger partial charge in [-0.15, -0.1) is 0 Å². The van der Waals surface area contributed by atoms with Gasteiger partial charge in [-0.1, -0.05) is 11.6 Å². The maximum atomic E-state index is 6.28. The average molecular weight is 368 g/mol. The molecule has 0 amide bonds. The fraction of sp³-hybridized carbons (Fsp3) is 0.286. The van der Waals surface area contributed by atoms with E-state index < -0.39 is 0 Å². The summed E-state index contributed by atoms with van der Waals surface area (Å²) >= 11 is 6.28. The van der Waals surface area contributed by atoms with Gasteiger partial charge in [-0.25, -0.2) is 4.98 Å². The van der Waals surface area contributed by atoms with E-state index in [9.17, 15) is 0 Å². The zero-order valence-electron chi connectivity index (χ0n) is 15.3. The molecule has 0 unspecified atom stereocenters. The molecule has 2 aromatic heterocycles. The van der Waals surface area contributed by atoms with Gasteiger partial charge in [-0.05, 0) is 54.9 Å². The quantitative estimate of drug-likeness (QED) is 0.672. The molecule has 3 aromatic rings. The first kappa shape index (κ1) is 17.1. The van der Waals surface area contributed by atoms with Crippen LogP contribution in [0.5, 0.6) is 5.88 Å². The zero-order valence-corrected chi connectivity index (χ0v) is 16.0. The zero-order chi connectivity index (χ0) is 18.3. The molecule has 0 N–H and O–H groups in total. The molecule has 26 heavy (non-hydrogen) atoms. The van der Waals surface area contributed by atoms with Gasteiger partial charge in [-0.3, -0.25) is 0 Å². The molecular weight excluding hydrogens is 346 g/mol. The molecule has 0 bridgehead atoms. The Balaban J connectivity index is 1.85. The molecule has 0 aliphatic carbocycles. The highest BCUT2D eigenvalue weighted by Crippen LogP contribution is 2.33. The number of hydrogen-bond acceptors (Lipinski definition) is 3. The molecule has 1 aromatic carbocycles. The third-order valence-corrected chi connectivity index (χ3v) is 5.30. The highest BCUT2D eigenvalue weighted by atomic mass is 35.5. The number of fused-ring (bicyclic) bond motifs is 3. The van der Waals surface area contributed by atoms with Crippen LogP contribution in [0.15, 0.2) is 36.5 Å². The minimum Gasteiger partial charge on any atom is -0.481 e. The second-order valence-corrected chi connectivity index (χ2v) is 7.28. The Hall–Kier alpha value is -2.30. The number of allylic oxidation sites excluding steroid dienone is 1. The van der Waals surface area contributed by atoms with Crippen molar-refractivity contribution >= 4 is 34.3 Å². The number of ether oxygens (including phenoxy) is 1. The molecule has 0 saturated heterocycles. The first-order valence-electron chi connectivity index (χ1n) is 8.75. The highest BCUT2D eigenvalue weighted by Gasteiger charge is 2.22. The number of nitrogens with zero attached hydrogens (tertiary/aromatic N) is 3. The van der Waals surface area contributed by atoms with Crippen LogP contribution in [0.2, 0.25) is 5.02 Å². The summed E-state index contributed by atoms with van der Waals surface area (Å²) in [5.41, 5.74) is 6.21. The summed E-state index contributed by atoms with van der Waals surface area (Å²) in [6.45, 7) is 4.14. The van der Waals surface area contributed by atoms with Crippen LogP contribution < -0.4 is 4.74 Å². The van der Waals surface area contributed by atoms with Gasteiger partial charge in [0, 0.05) is 54.1 Å². The molecule has 3 heterocycles. The second kappa shape index (κ2) is 6.78. The van der Waals surface area contributed by atoms with Crippen molar-refractivity contribution in [3.63, 3.8) is 0 Å². The third-order valence-electron chi connectivity index (χ3n) is 5.06. The Morgan fingerprint density at radius 2 is 2.12 bits per heavy atom. The Morgan fingerprint density at radius 1 is 1.27 bits per heavy atom. The van der Waals surface area contributed by atoms with Gasteiger partial charge >= 0.3 is 0 Å². The molecule has 1 aliphatic rings. The van der Waals surface area contributed by atoms with Crippen LogP contribution in [0.25, 0.3) is 22.7 Å². The van der Waals surface area contributed by atoms with Gasteiger partial charge in [0.1, 0.15) is 0 Å². The lowest BCUT2D eigenvalue weighted by Gasteiger charge is -2.23. The minimum absolute atomic E-state index is 0.628. The molecule has 4 rings (SSSR count). The smallest absolute Gasteiger partial charge is 0.212 e. The Labute approximate surface area is 158 Å². The van der Waals surface area contributed by atoms with Crippen LogP contribution in [-0.4, -0.2) is 35.2 Å². The number of methoxy groups -OCH3 is 1. The number of rotatable bonds is 3. The summed E-state index contributed by atoms with van der Waals surface area (Å²) in [5.74, 6) is 0.628. The summed E-state index contributed by atoms with van der Waals surface area (Å²) in [6.07, 6.45) is 5.10. The predicted molar refractivity (Wildman–Crippen MR) is 108 cm³/mol. The van der Waals surface area contributed by atoms with Crippen molar-refractivity contribution in [1.82, 2.24) is 14.5 Å². The van der Waals surface area contributed by atoms with Crippen molar-refractivity contribution in [3.8, 4) is 5.88 Å². The standard InChI is InChI=1S/C21H22ClN3O/c1-14(15-4-7-21(26-3)23-11-15)12-25-19-6-5-16(22)10-17(19)18-13-24(2)9-8-20(18)25/h4-7,10-12H,8-9,13H2,1-3H3/b14-12-. The first-order chi connectivity index (χ1) is 12.6. The van der Waals surface area contributed by atoms with Crippen molar-refractivity contribution in [2.75, 3.05) is 20.7 Å². The van der Waals surface area contributed by atoms with Gasteiger partial charge in [-0.2, -0.15) is 0 Å². The molecule has 0 radical (unpaired) electrons. The highest BCUT2D eigenvalue weighted by molar-refractivity contribution is 6.31. The lowest BCUT2D eigenvalue weighted by molar-refractivity contribution is 0.312. The fourth-order valence-electron chi connectivity index (χ4n) is 3.65. The van der Waals surface area contributed by atoms with Gasteiger partial charge in [0.05, 0.1) is 12.6 Å². The summed E-state index contributed by atoms with van der Waals surface area (Å²) in [6, 6.07) is 10.1. The summed E-state index contributed by atoms with van der Waals surface area (Å²) < 4.78 is 7.48. The maximum Gasteiger partial charge on any atom is 0.212 e. The minimum atomic E-state index is 0.628. The Kier molecular flexibility index (Phi) is 4.47. The van der Waals surface area contributed by atoms with Gasteiger partial charge in [0.2, 0.25) is 5.88 Å². The monoisotopic (exact) mass is 367 g/mol. The van der Waals surface area contributed by atoms with Crippen LogP contribution in [0.4, 0.5) is 0 Å². The number of halogens is 1. The fourth-order valence-corrected chi connectivity index (χ4v) is 3.82. The number of likely N-dealkylation sites (N-methyl/N-ethyl adjacent to an activating group) is 1. The van der Waals surface area contributed by atoms with E-state index in [0.717, 1.165) is 35.7 Å². The van der Waals surface area contributed by atoms with Crippen LogP contribution in [0.1, 0.15) is 23.7 Å². The Morgan fingerprint density at radius 3 is 2.85 bits per heavy atom. The molecule has 0 atom stereocenters. The van der Waals surface area contributed by atoms with Gasteiger partial charge in [0.25, 0.3) is 0 Å². The Bertz CT molecular complexity index is 989. The van der Waals surface area contributed by atoms with Crippen molar-refractivity contribution in [3.05, 3.63) is 58.4 Å². The van der Waals surface area contributed by atoms with Crippen molar-refractivity contribution < 1.29 is 4.74 Å². The number of hydrogen-bond donors (Lipinski definition) is 0. The SMILES string of the molecule is COc1ccc(/C(C)=C\n2c3c(c4cc(Cl)ccc42)CN(C)CC3)cn1. The van der Waals surface area contributed by atoms with E-state index in [0.29, 0.717) is 5.88 Å². The van der Waals surface area contributed by atoms with E-state index in [4.69, 9.17) is 16.3 Å². The lowest BCUT2D eigenvalue weighted by atomic mass is 10.1. The van der Waals surface area contributed by atoms with Gasteiger partial charge in [0.15, 0.2) is 0 Å². The largest absolute Gasteiger partial charge is 0.481 e. The third kappa shape index (κ3) is 3.00. The summed E-state index contributed by atoms with van der Waals surface area (Å²) in [5, 5.41) is 2.03. The van der Waals surface area contributed by atoms with E-state index >= 15 is 0 Å². The van der Waals surface area contributed by atoms with E-state index in [-0.39, 0.29) is 0 Å². The van der Waals surface area contributed by atoms with Crippen molar-refractivity contribution in [1.29, 1.82) is 0 Å². The number of pyridine rings is 1. The predicted octanol–water partition coefficient (Wildman–Crippen LogP) is 4.70. The van der Waals surface area contributed by atoms with Gasteiger partial charge < -0.3 is 14.2 Å². The normalized spacial score (nSPS) is 15.3. The molecule has 0 spiro atoms. The number of benzene rings is 1. The van der Waals surface area contributed by atoms with E-state index in [2.05, 4.69) is 46.8 Å².